The molecule has 2 unspecified atom stereocenters. The van der Waals surface area contributed by atoms with Crippen molar-refractivity contribution in [3.63, 3.8) is 0 Å². The van der Waals surface area contributed by atoms with E-state index in [2.05, 4.69) is 20.5 Å². The van der Waals surface area contributed by atoms with Gasteiger partial charge in [-0.25, -0.2) is 4.79 Å². The lowest BCUT2D eigenvalue weighted by molar-refractivity contribution is -0.149. The van der Waals surface area contributed by atoms with Crippen LogP contribution >= 0.6 is 24.0 Å². The van der Waals surface area contributed by atoms with Gasteiger partial charge in [-0.1, -0.05) is 13.8 Å². The van der Waals surface area contributed by atoms with Crippen LogP contribution in [-0.2, 0) is 14.3 Å². The van der Waals surface area contributed by atoms with E-state index in [9.17, 15) is 9.59 Å². The van der Waals surface area contributed by atoms with Gasteiger partial charge in [-0.15, -0.1) is 24.0 Å². The number of amides is 1. The minimum atomic E-state index is -0.537. The van der Waals surface area contributed by atoms with Gasteiger partial charge in [0.2, 0.25) is 0 Å². The summed E-state index contributed by atoms with van der Waals surface area (Å²) in [5, 5.41) is 6.26. The van der Waals surface area contributed by atoms with E-state index in [-0.39, 0.29) is 47.8 Å². The maximum absolute atomic E-state index is 12.1. The van der Waals surface area contributed by atoms with Crippen LogP contribution in [0.1, 0.15) is 54.4 Å². The van der Waals surface area contributed by atoms with Crippen molar-refractivity contribution in [1.82, 2.24) is 15.5 Å². The highest BCUT2D eigenvalue weighted by atomic mass is 127. The first-order chi connectivity index (χ1) is 13.1. The third-order valence-corrected chi connectivity index (χ3v) is 4.54. The Bertz CT molecular complexity index is 549. The fraction of sp³-hybridized carbons (Fsp3) is 0.850. The van der Waals surface area contributed by atoms with E-state index in [0.29, 0.717) is 19.7 Å². The van der Waals surface area contributed by atoms with E-state index in [1.165, 1.54) is 0 Å². The molecule has 9 heteroatoms. The van der Waals surface area contributed by atoms with Crippen molar-refractivity contribution in [3.05, 3.63) is 0 Å². The van der Waals surface area contributed by atoms with E-state index in [1.54, 1.807) is 7.05 Å². The molecule has 0 radical (unpaired) electrons. The molecule has 29 heavy (non-hydrogen) atoms. The van der Waals surface area contributed by atoms with Gasteiger partial charge < -0.3 is 25.0 Å². The number of nitrogens with zero attached hydrogens (tertiary/aromatic N) is 2. The van der Waals surface area contributed by atoms with Gasteiger partial charge in [0.15, 0.2) is 5.96 Å². The summed E-state index contributed by atoms with van der Waals surface area (Å²) < 4.78 is 10.5. The van der Waals surface area contributed by atoms with Gasteiger partial charge in [0.1, 0.15) is 5.60 Å². The third-order valence-electron chi connectivity index (χ3n) is 4.54. The summed E-state index contributed by atoms with van der Waals surface area (Å²) in [6, 6.07) is -0.114. The molecule has 1 fully saturated rings. The molecule has 1 saturated heterocycles. The predicted octanol–water partition coefficient (Wildman–Crippen LogP) is 3.00. The Labute approximate surface area is 192 Å². The SMILES string of the molecule is CCOC(=O)C1CCCN(C(=NC)NCC(NC(=O)OC(C)(C)C)C(C)C)C1.I. The van der Waals surface area contributed by atoms with E-state index in [4.69, 9.17) is 9.47 Å². The van der Waals surface area contributed by atoms with Crippen molar-refractivity contribution in [2.24, 2.45) is 16.8 Å². The predicted molar refractivity (Wildman–Crippen MR) is 126 cm³/mol. The van der Waals surface area contributed by atoms with E-state index in [0.717, 1.165) is 25.3 Å². The van der Waals surface area contributed by atoms with E-state index < -0.39 is 11.7 Å². The Kier molecular flexibility index (Phi) is 12.6. The van der Waals surface area contributed by atoms with Crippen LogP contribution in [0.3, 0.4) is 0 Å². The lowest BCUT2D eigenvalue weighted by Gasteiger charge is -2.35. The Morgan fingerprint density at radius 1 is 1.28 bits per heavy atom. The zero-order valence-electron chi connectivity index (χ0n) is 18.9. The maximum atomic E-state index is 12.1. The summed E-state index contributed by atoms with van der Waals surface area (Å²) in [6.45, 7) is 13.8. The number of guanidine groups is 1. The number of likely N-dealkylation sites (tertiary alicyclic amines) is 1. The topological polar surface area (TPSA) is 92.3 Å². The Balaban J connectivity index is 0.00000784. The normalized spacial score (nSPS) is 18.6. The van der Waals surface area contributed by atoms with Gasteiger partial charge in [0.05, 0.1) is 18.6 Å². The number of alkyl carbamates (subject to hydrolysis) is 1. The average Bonchev–Trinajstić information content (AvgIpc) is 2.60. The van der Waals surface area contributed by atoms with Gasteiger partial charge in [-0.2, -0.15) is 0 Å². The summed E-state index contributed by atoms with van der Waals surface area (Å²) >= 11 is 0. The molecule has 1 heterocycles. The molecule has 0 spiro atoms. The van der Waals surface area contributed by atoms with Crippen molar-refractivity contribution in [2.75, 3.05) is 33.3 Å². The van der Waals surface area contributed by atoms with Crippen LogP contribution < -0.4 is 10.6 Å². The van der Waals surface area contributed by atoms with Crippen LogP contribution in [0.5, 0.6) is 0 Å². The van der Waals surface area contributed by atoms with Crippen molar-refractivity contribution in [3.8, 4) is 0 Å². The summed E-state index contributed by atoms with van der Waals surface area (Å²) in [6.07, 6.45) is 1.32. The monoisotopic (exact) mass is 526 g/mol. The summed E-state index contributed by atoms with van der Waals surface area (Å²) in [5.74, 6) is 0.666. The number of nitrogens with one attached hydrogen (secondary N) is 2. The number of carbonyl (C=O) groups is 2. The number of ether oxygens (including phenoxy) is 2. The van der Waals surface area contributed by atoms with Crippen LogP contribution in [-0.4, -0.2) is 67.9 Å². The molecule has 0 aliphatic carbocycles. The molecule has 1 aliphatic rings. The highest BCUT2D eigenvalue weighted by Gasteiger charge is 2.29. The lowest BCUT2D eigenvalue weighted by Crippen LogP contribution is -2.53. The maximum Gasteiger partial charge on any atom is 0.407 e. The number of aliphatic imine (C=N–C) groups is 1. The molecule has 170 valence electrons. The molecule has 1 aliphatic heterocycles. The van der Waals surface area contributed by atoms with Crippen molar-refractivity contribution in [2.45, 2.75) is 66.0 Å². The smallest absolute Gasteiger partial charge is 0.407 e. The molecule has 0 saturated carbocycles. The van der Waals surface area contributed by atoms with Gasteiger partial charge in [-0.05, 0) is 46.5 Å². The molecular weight excluding hydrogens is 487 g/mol. The second-order valence-corrected chi connectivity index (χ2v) is 8.46. The Hall–Kier alpha value is -1.26. The van der Waals surface area contributed by atoms with Crippen LogP contribution in [0.25, 0.3) is 0 Å². The van der Waals surface area contributed by atoms with Gasteiger partial charge in [0, 0.05) is 26.7 Å². The van der Waals surface area contributed by atoms with Crippen molar-refractivity contribution < 1.29 is 19.1 Å². The number of hydrogen-bond donors (Lipinski definition) is 2. The first kappa shape index (κ1) is 27.7. The van der Waals surface area contributed by atoms with Crippen molar-refractivity contribution >= 4 is 42.0 Å². The van der Waals surface area contributed by atoms with Gasteiger partial charge in [0.25, 0.3) is 0 Å². The zero-order chi connectivity index (χ0) is 21.3. The van der Waals surface area contributed by atoms with Crippen molar-refractivity contribution in [1.29, 1.82) is 0 Å². The molecule has 0 aromatic carbocycles. The van der Waals surface area contributed by atoms with E-state index >= 15 is 0 Å². The number of rotatable bonds is 6. The quantitative estimate of drug-likeness (QED) is 0.239. The highest BCUT2D eigenvalue weighted by Crippen LogP contribution is 2.18. The van der Waals surface area contributed by atoms with E-state index in [1.807, 2.05) is 41.5 Å². The second kappa shape index (κ2) is 13.1. The van der Waals surface area contributed by atoms with Crippen LogP contribution in [0, 0.1) is 11.8 Å². The first-order valence-corrected chi connectivity index (χ1v) is 10.2. The minimum absolute atomic E-state index is 0. The average molecular weight is 526 g/mol. The summed E-state index contributed by atoms with van der Waals surface area (Å²) in [5.41, 5.74) is -0.537. The molecule has 0 aromatic heterocycles. The Morgan fingerprint density at radius 3 is 2.45 bits per heavy atom. The van der Waals surface area contributed by atoms with Crippen LogP contribution in [0.15, 0.2) is 4.99 Å². The molecule has 1 amide bonds. The first-order valence-electron chi connectivity index (χ1n) is 10.2. The molecule has 0 aromatic rings. The fourth-order valence-corrected chi connectivity index (χ4v) is 3.07. The second-order valence-electron chi connectivity index (χ2n) is 8.46. The molecule has 0 bridgehead atoms. The summed E-state index contributed by atoms with van der Waals surface area (Å²) in [4.78, 5) is 30.6. The van der Waals surface area contributed by atoms with Gasteiger partial charge in [-0.3, -0.25) is 9.79 Å². The number of hydrogen-bond acceptors (Lipinski definition) is 5. The fourth-order valence-electron chi connectivity index (χ4n) is 3.07. The number of carbonyl (C=O) groups excluding carboxylic acids is 2. The standard InChI is InChI=1S/C20H38N4O4.HI/c1-8-27-17(25)15-10-9-11-24(13-15)18(21-7)22-12-16(14(2)3)23-19(26)28-20(4,5)6;/h14-16H,8-13H2,1-7H3,(H,21,22)(H,23,26);1H. The number of piperidine rings is 1. The molecular formula is C20H39IN4O4. The molecule has 8 nitrogen and oxygen atoms in total. The van der Waals surface area contributed by atoms with Crippen LogP contribution in [0.2, 0.25) is 0 Å². The number of esters is 1. The van der Waals surface area contributed by atoms with Gasteiger partial charge >= 0.3 is 12.1 Å². The highest BCUT2D eigenvalue weighted by molar-refractivity contribution is 14.0. The molecule has 2 atom stereocenters. The van der Waals surface area contributed by atoms with Crippen LogP contribution in [0.4, 0.5) is 4.79 Å². The molecule has 1 rings (SSSR count). The lowest BCUT2D eigenvalue weighted by atomic mass is 9.98. The zero-order valence-corrected chi connectivity index (χ0v) is 21.2. The Morgan fingerprint density at radius 2 is 1.93 bits per heavy atom. The summed E-state index contributed by atoms with van der Waals surface area (Å²) in [7, 11) is 1.72. The molecule has 2 N–H and O–H groups in total. The minimum Gasteiger partial charge on any atom is -0.466 e. The third kappa shape index (κ3) is 10.4. The number of halogens is 1. The largest absolute Gasteiger partial charge is 0.466 e.